The van der Waals surface area contributed by atoms with Crippen molar-refractivity contribution in [3.63, 3.8) is 0 Å². The lowest BCUT2D eigenvalue weighted by atomic mass is 9.96. The molecule has 1 saturated heterocycles. The first-order valence-corrected chi connectivity index (χ1v) is 6.97. The molecular weight excluding hydrogens is 290 g/mol. The van der Waals surface area contributed by atoms with Gasteiger partial charge in [-0.2, -0.15) is 0 Å². The maximum Gasteiger partial charge on any atom is 0.224 e. The van der Waals surface area contributed by atoms with Gasteiger partial charge in [0, 0.05) is 12.1 Å². The van der Waals surface area contributed by atoms with Crippen molar-refractivity contribution in [2.75, 3.05) is 18.4 Å². The van der Waals surface area contributed by atoms with Crippen LogP contribution in [-0.4, -0.2) is 19.0 Å². The molecule has 1 aliphatic rings. The van der Waals surface area contributed by atoms with E-state index in [2.05, 4.69) is 10.6 Å². The number of carbonyl (C=O) groups excluding carboxylic acids is 1. The molecule has 1 amide bonds. The standard InChI is InChI=1S/C13H15Cl2FN2O/c14-10-5-9(6-11(15)13(10)16)18-12(19)4-8-2-1-3-17-7-8/h5-6,8,17H,1-4,7H2,(H,18,19). The van der Waals surface area contributed by atoms with Crippen molar-refractivity contribution < 1.29 is 9.18 Å². The fraction of sp³-hybridized carbons (Fsp3) is 0.462. The highest BCUT2D eigenvalue weighted by molar-refractivity contribution is 6.35. The van der Waals surface area contributed by atoms with Crippen molar-refractivity contribution in [1.29, 1.82) is 0 Å². The zero-order valence-corrected chi connectivity index (χ0v) is 11.8. The van der Waals surface area contributed by atoms with Crippen LogP contribution in [0.3, 0.4) is 0 Å². The van der Waals surface area contributed by atoms with E-state index in [1.807, 2.05) is 0 Å². The van der Waals surface area contributed by atoms with Crippen LogP contribution in [0.15, 0.2) is 12.1 Å². The van der Waals surface area contributed by atoms with E-state index in [0.717, 1.165) is 25.9 Å². The lowest BCUT2D eigenvalue weighted by Crippen LogP contribution is -2.32. The van der Waals surface area contributed by atoms with Gasteiger partial charge in [0.1, 0.15) is 0 Å². The third-order valence-electron chi connectivity index (χ3n) is 3.14. The fourth-order valence-electron chi connectivity index (χ4n) is 2.20. The Labute approximate surface area is 121 Å². The largest absolute Gasteiger partial charge is 0.326 e. The second-order valence-electron chi connectivity index (χ2n) is 4.72. The minimum atomic E-state index is -0.669. The molecule has 0 aromatic heterocycles. The average Bonchev–Trinajstić information content (AvgIpc) is 2.37. The predicted molar refractivity (Wildman–Crippen MR) is 75.3 cm³/mol. The Morgan fingerprint density at radius 2 is 2.11 bits per heavy atom. The van der Waals surface area contributed by atoms with Gasteiger partial charge in [-0.15, -0.1) is 0 Å². The summed E-state index contributed by atoms with van der Waals surface area (Å²) in [6, 6.07) is 2.72. The van der Waals surface area contributed by atoms with E-state index in [-0.39, 0.29) is 16.0 Å². The Balaban J connectivity index is 1.94. The van der Waals surface area contributed by atoms with E-state index in [1.165, 1.54) is 12.1 Å². The molecule has 1 atom stereocenters. The first-order chi connectivity index (χ1) is 9.06. The van der Waals surface area contributed by atoms with Gasteiger partial charge in [-0.1, -0.05) is 23.2 Å². The van der Waals surface area contributed by atoms with Crippen molar-refractivity contribution in [2.45, 2.75) is 19.3 Å². The van der Waals surface area contributed by atoms with Crippen LogP contribution in [0.4, 0.5) is 10.1 Å². The van der Waals surface area contributed by atoms with Crippen LogP contribution >= 0.6 is 23.2 Å². The average molecular weight is 305 g/mol. The van der Waals surface area contributed by atoms with Gasteiger partial charge < -0.3 is 10.6 Å². The minimum Gasteiger partial charge on any atom is -0.326 e. The van der Waals surface area contributed by atoms with Gasteiger partial charge in [0.15, 0.2) is 5.82 Å². The van der Waals surface area contributed by atoms with Gasteiger partial charge in [-0.3, -0.25) is 4.79 Å². The summed E-state index contributed by atoms with van der Waals surface area (Å²) >= 11 is 11.3. The zero-order valence-electron chi connectivity index (χ0n) is 10.3. The molecule has 1 aromatic carbocycles. The van der Waals surface area contributed by atoms with E-state index < -0.39 is 5.82 Å². The maximum absolute atomic E-state index is 13.2. The molecule has 1 unspecified atom stereocenters. The van der Waals surface area contributed by atoms with Crippen LogP contribution in [0, 0.1) is 11.7 Å². The molecule has 6 heteroatoms. The van der Waals surface area contributed by atoms with Crippen LogP contribution in [0.25, 0.3) is 0 Å². The van der Waals surface area contributed by atoms with E-state index >= 15 is 0 Å². The first-order valence-electron chi connectivity index (χ1n) is 6.21. The molecule has 0 bridgehead atoms. The summed E-state index contributed by atoms with van der Waals surface area (Å²) in [4.78, 5) is 11.9. The molecule has 0 aliphatic carbocycles. The number of hydrogen-bond acceptors (Lipinski definition) is 2. The Morgan fingerprint density at radius 1 is 1.42 bits per heavy atom. The van der Waals surface area contributed by atoms with Gasteiger partial charge in [0.2, 0.25) is 5.91 Å². The SMILES string of the molecule is O=C(CC1CCCNC1)Nc1cc(Cl)c(F)c(Cl)c1. The summed E-state index contributed by atoms with van der Waals surface area (Å²) in [6.45, 7) is 1.87. The number of benzene rings is 1. The van der Waals surface area contributed by atoms with E-state index in [4.69, 9.17) is 23.2 Å². The topological polar surface area (TPSA) is 41.1 Å². The lowest BCUT2D eigenvalue weighted by molar-refractivity contribution is -0.117. The molecule has 19 heavy (non-hydrogen) atoms. The number of nitrogens with one attached hydrogen (secondary N) is 2. The second-order valence-corrected chi connectivity index (χ2v) is 5.53. The monoisotopic (exact) mass is 304 g/mol. The normalized spacial score (nSPS) is 19.2. The summed E-state index contributed by atoms with van der Waals surface area (Å²) in [5.74, 6) is -0.426. The fourth-order valence-corrected chi connectivity index (χ4v) is 2.69. The van der Waals surface area contributed by atoms with Crippen molar-refractivity contribution in [2.24, 2.45) is 5.92 Å². The Morgan fingerprint density at radius 3 is 2.68 bits per heavy atom. The van der Waals surface area contributed by atoms with Crippen molar-refractivity contribution >= 4 is 34.8 Å². The molecule has 0 spiro atoms. The highest BCUT2D eigenvalue weighted by Gasteiger charge is 2.17. The Bertz CT molecular complexity index is 453. The molecule has 3 nitrogen and oxygen atoms in total. The Hall–Kier alpha value is -0.840. The summed E-state index contributed by atoms with van der Waals surface area (Å²) in [5, 5.41) is 5.76. The first kappa shape index (κ1) is 14.6. The summed E-state index contributed by atoms with van der Waals surface area (Å²) in [5.41, 5.74) is 0.421. The maximum atomic E-state index is 13.2. The predicted octanol–water partition coefficient (Wildman–Crippen LogP) is 3.46. The number of rotatable bonds is 3. The van der Waals surface area contributed by atoms with Crippen molar-refractivity contribution in [3.05, 3.63) is 28.0 Å². The molecule has 0 saturated carbocycles. The second kappa shape index (κ2) is 6.55. The van der Waals surface area contributed by atoms with Crippen LogP contribution in [0.5, 0.6) is 0 Å². The number of carbonyl (C=O) groups is 1. The molecule has 1 aliphatic heterocycles. The number of amides is 1. The van der Waals surface area contributed by atoms with Gasteiger partial charge in [0.25, 0.3) is 0 Å². The molecular formula is C13H15Cl2FN2O. The molecule has 0 radical (unpaired) electrons. The highest BCUT2D eigenvalue weighted by atomic mass is 35.5. The quantitative estimate of drug-likeness (QED) is 0.840. The number of piperidine rings is 1. The third kappa shape index (κ3) is 4.06. The van der Waals surface area contributed by atoms with Gasteiger partial charge in [-0.05, 0) is 44.0 Å². The van der Waals surface area contributed by atoms with Crippen molar-refractivity contribution in [3.8, 4) is 0 Å². The number of anilines is 1. The van der Waals surface area contributed by atoms with Crippen LogP contribution in [0.1, 0.15) is 19.3 Å². The molecule has 1 heterocycles. The molecule has 1 fully saturated rings. The zero-order chi connectivity index (χ0) is 13.8. The van der Waals surface area contributed by atoms with E-state index in [0.29, 0.717) is 18.0 Å². The number of halogens is 3. The van der Waals surface area contributed by atoms with Gasteiger partial charge in [-0.25, -0.2) is 4.39 Å². The highest BCUT2D eigenvalue weighted by Crippen LogP contribution is 2.27. The minimum absolute atomic E-state index is 0.0952. The summed E-state index contributed by atoms with van der Waals surface area (Å²) in [6.07, 6.45) is 2.58. The van der Waals surface area contributed by atoms with Crippen LogP contribution in [-0.2, 0) is 4.79 Å². The summed E-state index contributed by atoms with van der Waals surface area (Å²) < 4.78 is 13.2. The molecule has 2 N–H and O–H groups in total. The number of hydrogen-bond donors (Lipinski definition) is 2. The summed E-state index contributed by atoms with van der Waals surface area (Å²) in [7, 11) is 0. The van der Waals surface area contributed by atoms with Crippen molar-refractivity contribution in [1.82, 2.24) is 5.32 Å². The lowest BCUT2D eigenvalue weighted by Gasteiger charge is -2.22. The van der Waals surface area contributed by atoms with Gasteiger partial charge >= 0.3 is 0 Å². The third-order valence-corrected chi connectivity index (χ3v) is 3.69. The van der Waals surface area contributed by atoms with E-state index in [1.54, 1.807) is 0 Å². The van der Waals surface area contributed by atoms with Crippen LogP contribution < -0.4 is 10.6 Å². The molecule has 104 valence electrons. The Kier molecular flexibility index (Phi) is 5.02. The van der Waals surface area contributed by atoms with E-state index in [9.17, 15) is 9.18 Å². The molecule has 2 rings (SSSR count). The molecule has 1 aromatic rings. The smallest absolute Gasteiger partial charge is 0.224 e. The van der Waals surface area contributed by atoms with Gasteiger partial charge in [0.05, 0.1) is 10.0 Å². The van der Waals surface area contributed by atoms with Crippen LogP contribution in [0.2, 0.25) is 10.0 Å².